The summed E-state index contributed by atoms with van der Waals surface area (Å²) in [5, 5.41) is 0. The zero-order chi connectivity index (χ0) is 37.1. The van der Waals surface area contributed by atoms with Gasteiger partial charge in [0.1, 0.15) is 46.2 Å². The molecule has 268 valence electrons. The monoisotopic (exact) mass is 734 g/mol. The predicted molar refractivity (Wildman–Crippen MR) is 203 cm³/mol. The SMILES string of the molecule is CC(C)(C)Oc1ccc([S+](c2ccc(OCc3ccccn3)cc2)c2ccc(OCc3ccccn3)cc2)cc1.Cc1ccc(S(=O)(=O)[O-])c(C)c1. The third-order valence-electron chi connectivity index (χ3n) is 7.43. The fourth-order valence-electron chi connectivity index (χ4n) is 5.11. The number of rotatable bonds is 11. The van der Waals surface area contributed by atoms with Crippen molar-refractivity contribution in [3.05, 3.63) is 162 Å². The second kappa shape index (κ2) is 17.4. The molecule has 0 aliphatic heterocycles. The molecule has 0 atom stereocenters. The number of aromatic nitrogens is 2. The number of pyridine rings is 2. The molecule has 0 saturated carbocycles. The topological polar surface area (TPSA) is 111 Å². The highest BCUT2D eigenvalue weighted by molar-refractivity contribution is 7.97. The molecule has 0 aliphatic rings. The first-order chi connectivity index (χ1) is 24.8. The molecule has 6 rings (SSSR count). The van der Waals surface area contributed by atoms with Crippen LogP contribution in [0.4, 0.5) is 0 Å². The van der Waals surface area contributed by atoms with Crippen LogP contribution in [0.25, 0.3) is 0 Å². The average Bonchev–Trinajstić information content (AvgIpc) is 3.12. The van der Waals surface area contributed by atoms with Crippen molar-refractivity contribution in [2.75, 3.05) is 0 Å². The Morgan fingerprint density at radius 1 is 0.615 bits per heavy atom. The first-order valence-electron chi connectivity index (χ1n) is 16.7. The van der Waals surface area contributed by atoms with Crippen molar-refractivity contribution in [1.29, 1.82) is 0 Å². The van der Waals surface area contributed by atoms with Gasteiger partial charge in [0, 0.05) is 12.4 Å². The molecule has 2 heterocycles. The van der Waals surface area contributed by atoms with E-state index in [1.807, 2.05) is 67.6 Å². The molecule has 0 aliphatic carbocycles. The molecule has 8 nitrogen and oxygen atoms in total. The summed E-state index contributed by atoms with van der Waals surface area (Å²) in [7, 11) is -4.63. The van der Waals surface area contributed by atoms with E-state index in [0.717, 1.165) is 34.2 Å². The molecule has 2 aromatic heterocycles. The third kappa shape index (κ3) is 11.4. The minimum absolute atomic E-state index is 0.131. The molecule has 0 N–H and O–H groups in total. The number of ether oxygens (including phenoxy) is 3. The van der Waals surface area contributed by atoms with Gasteiger partial charge in [-0.1, -0.05) is 29.8 Å². The largest absolute Gasteiger partial charge is 0.744 e. The maximum Gasteiger partial charge on any atom is 0.166 e. The van der Waals surface area contributed by atoms with Crippen molar-refractivity contribution >= 4 is 21.0 Å². The quantitative estimate of drug-likeness (QED) is 0.0958. The Labute approximate surface area is 309 Å². The van der Waals surface area contributed by atoms with E-state index in [2.05, 4.69) is 79.3 Å². The Bertz CT molecular complexity index is 2030. The zero-order valence-corrected chi connectivity index (χ0v) is 31.5. The highest BCUT2D eigenvalue weighted by Gasteiger charge is 2.29. The fraction of sp³-hybridized carbons (Fsp3) is 0.190. The van der Waals surface area contributed by atoms with Crippen LogP contribution in [0.3, 0.4) is 0 Å². The van der Waals surface area contributed by atoms with Crippen molar-refractivity contribution in [2.45, 2.75) is 73.0 Å². The summed E-state index contributed by atoms with van der Waals surface area (Å²) in [5.74, 6) is 2.48. The van der Waals surface area contributed by atoms with E-state index < -0.39 is 10.1 Å². The van der Waals surface area contributed by atoms with Crippen LogP contribution in [0.1, 0.15) is 43.3 Å². The normalized spacial score (nSPS) is 11.4. The Morgan fingerprint density at radius 2 is 1.06 bits per heavy atom. The maximum atomic E-state index is 10.6. The zero-order valence-electron chi connectivity index (χ0n) is 29.9. The van der Waals surface area contributed by atoms with Crippen LogP contribution in [0.2, 0.25) is 0 Å². The van der Waals surface area contributed by atoms with Crippen molar-refractivity contribution in [3.63, 3.8) is 0 Å². The van der Waals surface area contributed by atoms with Gasteiger partial charge in [-0.25, -0.2) is 8.42 Å². The Morgan fingerprint density at radius 3 is 1.42 bits per heavy atom. The number of hydrogen-bond donors (Lipinski definition) is 0. The van der Waals surface area contributed by atoms with E-state index in [4.69, 9.17) is 14.2 Å². The molecule has 52 heavy (non-hydrogen) atoms. The van der Waals surface area contributed by atoms with Crippen LogP contribution >= 0.6 is 0 Å². The Balaban J connectivity index is 0.000000370. The molecule has 0 fully saturated rings. The van der Waals surface area contributed by atoms with Crippen molar-refractivity contribution in [2.24, 2.45) is 0 Å². The molecule has 0 unspecified atom stereocenters. The second-order valence-electron chi connectivity index (χ2n) is 12.9. The number of benzene rings is 4. The molecule has 0 radical (unpaired) electrons. The van der Waals surface area contributed by atoms with E-state index >= 15 is 0 Å². The van der Waals surface area contributed by atoms with Gasteiger partial charge in [0.15, 0.2) is 14.7 Å². The minimum atomic E-state index is -4.30. The molecule has 0 amide bonds. The Hall–Kier alpha value is -5.16. The van der Waals surface area contributed by atoms with Gasteiger partial charge in [-0.2, -0.15) is 0 Å². The molecule has 0 spiro atoms. The van der Waals surface area contributed by atoms with E-state index in [0.29, 0.717) is 18.8 Å². The molecular weight excluding hydrogens is 693 g/mol. The van der Waals surface area contributed by atoms with Crippen LogP contribution in [-0.4, -0.2) is 28.5 Å². The standard InChI is InChI=1S/C34H33N2O3S.C8H10O3S/c1-34(2,3)39-30-14-20-33(21-15-30)40(31-16-10-28(11-17-31)37-24-26-8-4-6-22-35-26)32-18-12-29(13-19-32)38-25-27-9-5-7-23-36-27;1-6-3-4-8(7(2)5-6)12(9,10)11/h4-23H,24-25H2,1-3H3;3-5H,1-2H3,(H,9,10,11)/q+1;/p-1. The number of hydrogen-bond acceptors (Lipinski definition) is 8. The lowest BCUT2D eigenvalue weighted by atomic mass is 10.2. The minimum Gasteiger partial charge on any atom is -0.744 e. The molecular formula is C42H42N2O6S2. The summed E-state index contributed by atoms with van der Waals surface area (Å²) in [4.78, 5) is 12.1. The summed E-state index contributed by atoms with van der Waals surface area (Å²) in [6.45, 7) is 10.5. The lowest BCUT2D eigenvalue weighted by Gasteiger charge is -2.21. The lowest BCUT2D eigenvalue weighted by molar-refractivity contribution is 0.131. The van der Waals surface area contributed by atoms with Crippen molar-refractivity contribution in [1.82, 2.24) is 9.97 Å². The van der Waals surface area contributed by atoms with Gasteiger partial charge in [0.05, 0.1) is 27.2 Å². The Kier molecular flexibility index (Phi) is 12.7. The first kappa shape index (κ1) is 38.1. The summed E-state index contributed by atoms with van der Waals surface area (Å²) in [5.41, 5.74) is 2.99. The van der Waals surface area contributed by atoms with Crippen LogP contribution in [0.15, 0.2) is 159 Å². The highest BCUT2D eigenvalue weighted by Crippen LogP contribution is 2.34. The van der Waals surface area contributed by atoms with Gasteiger partial charge in [0.2, 0.25) is 0 Å². The smallest absolute Gasteiger partial charge is 0.166 e. The number of aryl methyl sites for hydroxylation is 2. The molecule has 0 saturated heterocycles. The lowest BCUT2D eigenvalue weighted by Crippen LogP contribution is -2.22. The summed E-state index contributed by atoms with van der Waals surface area (Å²) in [6, 6.07) is 41.4. The summed E-state index contributed by atoms with van der Waals surface area (Å²) < 4.78 is 49.9. The van der Waals surface area contributed by atoms with Crippen LogP contribution in [0.5, 0.6) is 17.2 Å². The van der Waals surface area contributed by atoms with Gasteiger partial charge >= 0.3 is 0 Å². The molecule has 4 aromatic carbocycles. The van der Waals surface area contributed by atoms with Gasteiger partial charge in [-0.3, -0.25) is 9.97 Å². The van der Waals surface area contributed by atoms with Gasteiger partial charge in [-0.15, -0.1) is 0 Å². The van der Waals surface area contributed by atoms with Crippen LogP contribution in [-0.2, 0) is 34.2 Å². The maximum absolute atomic E-state index is 10.6. The van der Waals surface area contributed by atoms with Crippen LogP contribution in [0, 0.1) is 13.8 Å². The van der Waals surface area contributed by atoms with Gasteiger partial charge in [0.25, 0.3) is 0 Å². The molecule has 0 bridgehead atoms. The fourth-order valence-corrected chi connectivity index (χ4v) is 7.84. The van der Waals surface area contributed by atoms with E-state index in [1.54, 1.807) is 31.5 Å². The van der Waals surface area contributed by atoms with Crippen LogP contribution < -0.4 is 14.2 Å². The number of nitrogens with zero attached hydrogens (tertiary/aromatic N) is 2. The third-order valence-corrected chi connectivity index (χ3v) is 10.7. The summed E-state index contributed by atoms with van der Waals surface area (Å²) >= 11 is 0. The molecule has 6 aromatic rings. The second-order valence-corrected chi connectivity index (χ2v) is 16.3. The predicted octanol–water partition coefficient (Wildman–Crippen LogP) is 9.11. The van der Waals surface area contributed by atoms with Gasteiger partial charge in [-0.05, 0) is 143 Å². The first-order valence-corrected chi connectivity index (χ1v) is 19.3. The van der Waals surface area contributed by atoms with E-state index in [-0.39, 0.29) is 21.4 Å². The average molecular weight is 735 g/mol. The van der Waals surface area contributed by atoms with Crippen molar-refractivity contribution in [3.8, 4) is 17.2 Å². The van der Waals surface area contributed by atoms with Crippen molar-refractivity contribution < 1.29 is 27.2 Å². The highest BCUT2D eigenvalue weighted by atomic mass is 32.2. The van der Waals surface area contributed by atoms with E-state index in [1.165, 1.54) is 20.8 Å². The van der Waals surface area contributed by atoms with E-state index in [9.17, 15) is 13.0 Å². The summed E-state index contributed by atoms with van der Waals surface area (Å²) in [6.07, 6.45) is 3.56. The van der Waals surface area contributed by atoms with Gasteiger partial charge < -0.3 is 18.8 Å². The molecule has 10 heteroatoms.